The van der Waals surface area contributed by atoms with E-state index in [2.05, 4.69) is 34.5 Å². The molecule has 5 heteroatoms. The van der Waals surface area contributed by atoms with E-state index in [0.29, 0.717) is 0 Å². The maximum absolute atomic E-state index is 12.4. The van der Waals surface area contributed by atoms with Crippen molar-refractivity contribution in [3.05, 3.63) is 71.8 Å². The van der Waals surface area contributed by atoms with Crippen LogP contribution in [0.25, 0.3) is 6.08 Å². The zero-order chi connectivity index (χ0) is 19.1. The maximum Gasteiger partial charge on any atom is 0.246 e. The van der Waals surface area contributed by atoms with Gasteiger partial charge in [-0.25, -0.2) is 0 Å². The monoisotopic (exact) mass is 363 g/mol. The summed E-state index contributed by atoms with van der Waals surface area (Å²) in [5, 5.41) is 2.73. The number of carbonyl (C=O) groups is 2. The highest BCUT2D eigenvalue weighted by Gasteiger charge is 2.19. The smallest absolute Gasteiger partial charge is 0.246 e. The van der Waals surface area contributed by atoms with Gasteiger partial charge in [0.1, 0.15) is 0 Å². The van der Waals surface area contributed by atoms with Crippen molar-refractivity contribution in [1.82, 2.24) is 9.80 Å². The molecule has 0 spiro atoms. The third kappa shape index (κ3) is 5.79. The fourth-order valence-corrected chi connectivity index (χ4v) is 3.12. The zero-order valence-electron chi connectivity index (χ0n) is 15.6. The van der Waals surface area contributed by atoms with E-state index in [1.165, 1.54) is 12.5 Å². The van der Waals surface area contributed by atoms with Crippen LogP contribution < -0.4 is 5.32 Å². The Hall–Kier alpha value is -2.92. The number of piperazine rings is 1. The van der Waals surface area contributed by atoms with Crippen molar-refractivity contribution in [3.63, 3.8) is 0 Å². The van der Waals surface area contributed by atoms with Crippen molar-refractivity contribution in [1.29, 1.82) is 0 Å². The Morgan fingerprint density at radius 3 is 2.26 bits per heavy atom. The molecule has 140 valence electrons. The second-order valence-corrected chi connectivity index (χ2v) is 6.72. The lowest BCUT2D eigenvalue weighted by molar-refractivity contribution is -0.127. The predicted molar refractivity (Wildman–Crippen MR) is 108 cm³/mol. The van der Waals surface area contributed by atoms with Gasteiger partial charge < -0.3 is 10.2 Å². The van der Waals surface area contributed by atoms with E-state index in [1.807, 2.05) is 41.3 Å². The molecule has 0 radical (unpaired) electrons. The van der Waals surface area contributed by atoms with E-state index in [1.54, 1.807) is 6.08 Å². The standard InChI is InChI=1S/C22H25N3O2/c1-18(26)23-21-10-7-19(8-11-21)9-12-22(27)25-15-13-24(14-16-25)17-20-5-3-2-4-6-20/h2-12H,13-17H2,1H3,(H,23,26)/b12-9+. The molecule has 2 amide bonds. The summed E-state index contributed by atoms with van der Waals surface area (Å²) in [6.07, 6.45) is 3.44. The van der Waals surface area contributed by atoms with Gasteiger partial charge in [0.15, 0.2) is 0 Å². The van der Waals surface area contributed by atoms with Crippen molar-refractivity contribution in [2.24, 2.45) is 0 Å². The van der Waals surface area contributed by atoms with Gasteiger partial charge in [0.25, 0.3) is 0 Å². The molecular formula is C22H25N3O2. The lowest BCUT2D eigenvalue weighted by Crippen LogP contribution is -2.47. The largest absolute Gasteiger partial charge is 0.337 e. The molecule has 1 aliphatic heterocycles. The number of benzene rings is 2. The topological polar surface area (TPSA) is 52.7 Å². The average molecular weight is 363 g/mol. The Balaban J connectivity index is 1.47. The molecule has 0 atom stereocenters. The summed E-state index contributed by atoms with van der Waals surface area (Å²) in [6.45, 7) is 5.68. The number of nitrogens with one attached hydrogen (secondary N) is 1. The summed E-state index contributed by atoms with van der Waals surface area (Å²) >= 11 is 0. The Labute approximate surface area is 160 Å². The van der Waals surface area contributed by atoms with Crippen LogP contribution in [0.2, 0.25) is 0 Å². The molecule has 1 saturated heterocycles. The van der Waals surface area contributed by atoms with Crippen LogP contribution in [0.3, 0.4) is 0 Å². The predicted octanol–water partition coefficient (Wildman–Crippen LogP) is 3.00. The fourth-order valence-electron chi connectivity index (χ4n) is 3.12. The summed E-state index contributed by atoms with van der Waals surface area (Å²) in [4.78, 5) is 27.7. The quantitative estimate of drug-likeness (QED) is 0.831. The lowest BCUT2D eigenvalue weighted by Gasteiger charge is -2.34. The van der Waals surface area contributed by atoms with Crippen LogP contribution in [0.5, 0.6) is 0 Å². The number of amides is 2. The minimum absolute atomic E-state index is 0.0419. The number of anilines is 1. The van der Waals surface area contributed by atoms with Crippen LogP contribution in [0.1, 0.15) is 18.1 Å². The molecule has 0 saturated carbocycles. The Morgan fingerprint density at radius 1 is 0.963 bits per heavy atom. The summed E-state index contributed by atoms with van der Waals surface area (Å²) < 4.78 is 0. The molecule has 1 heterocycles. The molecule has 1 aliphatic rings. The van der Waals surface area contributed by atoms with Gasteiger partial charge in [-0.05, 0) is 29.3 Å². The number of hydrogen-bond donors (Lipinski definition) is 1. The molecule has 1 fully saturated rings. The van der Waals surface area contributed by atoms with Gasteiger partial charge in [0.05, 0.1) is 0 Å². The molecule has 0 bridgehead atoms. The first-order valence-electron chi connectivity index (χ1n) is 9.21. The van der Waals surface area contributed by atoms with Crippen molar-refractivity contribution >= 4 is 23.6 Å². The number of rotatable bonds is 5. The van der Waals surface area contributed by atoms with Gasteiger partial charge in [0, 0.05) is 51.4 Å². The molecule has 0 aliphatic carbocycles. The second kappa shape index (κ2) is 9.14. The Bertz CT molecular complexity index is 792. The molecule has 0 unspecified atom stereocenters. The minimum Gasteiger partial charge on any atom is -0.337 e. The normalized spacial score (nSPS) is 15.1. The Kier molecular flexibility index (Phi) is 6.39. The first kappa shape index (κ1) is 18.9. The molecule has 1 N–H and O–H groups in total. The molecule has 0 aromatic heterocycles. The van der Waals surface area contributed by atoms with Gasteiger partial charge in [-0.15, -0.1) is 0 Å². The number of nitrogens with zero attached hydrogens (tertiary/aromatic N) is 2. The van der Waals surface area contributed by atoms with E-state index < -0.39 is 0 Å². The van der Waals surface area contributed by atoms with E-state index in [0.717, 1.165) is 44.0 Å². The van der Waals surface area contributed by atoms with Crippen LogP contribution in [0.15, 0.2) is 60.7 Å². The van der Waals surface area contributed by atoms with Crippen LogP contribution in [-0.2, 0) is 16.1 Å². The highest BCUT2D eigenvalue weighted by Crippen LogP contribution is 2.12. The van der Waals surface area contributed by atoms with Crippen LogP contribution in [0.4, 0.5) is 5.69 Å². The van der Waals surface area contributed by atoms with Crippen molar-refractivity contribution in [2.45, 2.75) is 13.5 Å². The van der Waals surface area contributed by atoms with E-state index in [-0.39, 0.29) is 11.8 Å². The number of hydrogen-bond acceptors (Lipinski definition) is 3. The van der Waals surface area contributed by atoms with Gasteiger partial charge in [-0.3, -0.25) is 14.5 Å². The van der Waals surface area contributed by atoms with E-state index in [9.17, 15) is 9.59 Å². The van der Waals surface area contributed by atoms with Crippen LogP contribution in [-0.4, -0.2) is 47.8 Å². The maximum atomic E-state index is 12.4. The van der Waals surface area contributed by atoms with Gasteiger partial charge in [0.2, 0.25) is 11.8 Å². The average Bonchev–Trinajstić information content (AvgIpc) is 2.68. The molecule has 5 nitrogen and oxygen atoms in total. The lowest BCUT2D eigenvalue weighted by atomic mass is 10.2. The Morgan fingerprint density at radius 2 is 1.63 bits per heavy atom. The molecule has 27 heavy (non-hydrogen) atoms. The van der Waals surface area contributed by atoms with Gasteiger partial charge >= 0.3 is 0 Å². The second-order valence-electron chi connectivity index (χ2n) is 6.72. The van der Waals surface area contributed by atoms with E-state index >= 15 is 0 Å². The molecule has 2 aromatic rings. The molecule has 3 rings (SSSR count). The SMILES string of the molecule is CC(=O)Nc1ccc(/C=C/C(=O)N2CCN(Cc3ccccc3)CC2)cc1. The van der Waals surface area contributed by atoms with Gasteiger partial charge in [-0.1, -0.05) is 42.5 Å². The molecular weight excluding hydrogens is 338 g/mol. The van der Waals surface area contributed by atoms with Crippen molar-refractivity contribution < 1.29 is 9.59 Å². The van der Waals surface area contributed by atoms with Crippen molar-refractivity contribution in [3.8, 4) is 0 Å². The highest BCUT2D eigenvalue weighted by molar-refractivity contribution is 5.92. The molecule has 2 aromatic carbocycles. The zero-order valence-corrected chi connectivity index (χ0v) is 15.6. The summed E-state index contributed by atoms with van der Waals surface area (Å²) in [7, 11) is 0. The van der Waals surface area contributed by atoms with Gasteiger partial charge in [-0.2, -0.15) is 0 Å². The first-order valence-corrected chi connectivity index (χ1v) is 9.21. The number of carbonyl (C=O) groups excluding carboxylic acids is 2. The third-order valence-corrected chi connectivity index (χ3v) is 4.58. The van der Waals surface area contributed by atoms with E-state index in [4.69, 9.17) is 0 Å². The van der Waals surface area contributed by atoms with Crippen molar-refractivity contribution in [2.75, 3.05) is 31.5 Å². The van der Waals surface area contributed by atoms with Crippen LogP contribution >= 0.6 is 0 Å². The highest BCUT2D eigenvalue weighted by atomic mass is 16.2. The third-order valence-electron chi connectivity index (χ3n) is 4.58. The fraction of sp³-hybridized carbons (Fsp3) is 0.273. The summed E-state index contributed by atoms with van der Waals surface area (Å²) in [5.74, 6) is -0.0554. The van der Waals surface area contributed by atoms with Crippen LogP contribution in [0, 0.1) is 0 Å². The summed E-state index contributed by atoms with van der Waals surface area (Å²) in [5.41, 5.74) is 2.99. The first-order chi connectivity index (χ1) is 13.1. The summed E-state index contributed by atoms with van der Waals surface area (Å²) in [6, 6.07) is 17.8. The minimum atomic E-state index is -0.0973.